The van der Waals surface area contributed by atoms with Gasteiger partial charge in [-0.3, -0.25) is 0 Å². The van der Waals surface area contributed by atoms with Crippen LogP contribution in [0.25, 0.3) is 0 Å². The maximum Gasteiger partial charge on any atom is -0.0295 e. The van der Waals surface area contributed by atoms with Gasteiger partial charge in [0.1, 0.15) is 0 Å². The van der Waals surface area contributed by atoms with Gasteiger partial charge < -0.3 is 0 Å². The van der Waals surface area contributed by atoms with E-state index in [0.717, 1.165) is 23.7 Å². The van der Waals surface area contributed by atoms with Crippen molar-refractivity contribution in [3.05, 3.63) is 0 Å². The maximum absolute atomic E-state index is 2.61. The molecule has 0 bridgehead atoms. The average Bonchev–Trinajstić information content (AvgIpc) is 2.86. The maximum atomic E-state index is 2.61. The molecule has 2 aliphatic rings. The van der Waals surface area contributed by atoms with Crippen molar-refractivity contribution in [2.24, 2.45) is 34.5 Å². The van der Waals surface area contributed by atoms with Gasteiger partial charge >= 0.3 is 0 Å². The minimum atomic E-state index is 0.584. The Labute approximate surface area is 147 Å². The van der Waals surface area contributed by atoms with Crippen molar-refractivity contribution in [3.63, 3.8) is 0 Å². The zero-order valence-corrected chi connectivity index (χ0v) is 17.1. The Morgan fingerprint density at radius 3 is 2.22 bits per heavy atom. The van der Waals surface area contributed by atoms with Crippen LogP contribution in [0.1, 0.15) is 112 Å². The Balaban J connectivity index is 2.03. The number of rotatable bonds is 7. The van der Waals surface area contributed by atoms with E-state index in [-0.39, 0.29) is 0 Å². The highest BCUT2D eigenvalue weighted by atomic mass is 14.5. The van der Waals surface area contributed by atoms with Crippen LogP contribution in [0.2, 0.25) is 0 Å². The zero-order valence-electron chi connectivity index (χ0n) is 17.1. The highest BCUT2D eigenvalue weighted by molar-refractivity contribution is 4.93. The molecule has 0 aromatic heterocycles. The van der Waals surface area contributed by atoms with Crippen molar-refractivity contribution in [1.82, 2.24) is 0 Å². The predicted molar refractivity (Wildman–Crippen MR) is 104 cm³/mol. The molecule has 4 unspecified atom stereocenters. The van der Waals surface area contributed by atoms with Crippen LogP contribution in [0, 0.1) is 34.5 Å². The molecule has 2 fully saturated rings. The molecular formula is C23H44. The quantitative estimate of drug-likeness (QED) is 0.448. The summed E-state index contributed by atoms with van der Waals surface area (Å²) in [7, 11) is 0. The van der Waals surface area contributed by atoms with E-state index < -0.39 is 0 Å². The minimum absolute atomic E-state index is 0.584. The van der Waals surface area contributed by atoms with E-state index in [1.165, 1.54) is 70.6 Å². The highest BCUT2D eigenvalue weighted by Crippen LogP contribution is 2.53. The van der Waals surface area contributed by atoms with Crippen molar-refractivity contribution >= 4 is 0 Å². The van der Waals surface area contributed by atoms with E-state index in [1.54, 1.807) is 0 Å². The summed E-state index contributed by atoms with van der Waals surface area (Å²) >= 11 is 0. The van der Waals surface area contributed by atoms with Crippen molar-refractivity contribution in [3.8, 4) is 0 Å². The van der Waals surface area contributed by atoms with Crippen LogP contribution in [0.5, 0.6) is 0 Å². The SMILES string of the molecule is CCCC1(C)CCCC1C(C)C[C@H](CC)C1CCCCC1(C)C. The Morgan fingerprint density at radius 2 is 1.61 bits per heavy atom. The standard InChI is InChI=1S/C23H44/c1-7-14-23(6)16-11-13-20(23)18(3)17-19(8-2)21-12-9-10-15-22(21,4)5/h18-21H,7-17H2,1-6H3/t18?,19-,20?,21?,23?/m0/s1. The molecule has 0 aromatic carbocycles. The van der Waals surface area contributed by atoms with Crippen molar-refractivity contribution in [2.45, 2.75) is 112 Å². The van der Waals surface area contributed by atoms with Gasteiger partial charge in [0.2, 0.25) is 0 Å². The molecule has 23 heavy (non-hydrogen) atoms. The van der Waals surface area contributed by atoms with Gasteiger partial charge in [0.25, 0.3) is 0 Å². The number of hydrogen-bond donors (Lipinski definition) is 0. The molecule has 5 atom stereocenters. The summed E-state index contributed by atoms with van der Waals surface area (Å²) in [5.41, 5.74) is 1.23. The molecule has 0 aliphatic heterocycles. The molecule has 0 heterocycles. The van der Waals surface area contributed by atoms with Crippen molar-refractivity contribution in [2.75, 3.05) is 0 Å². The third-order valence-electron chi connectivity index (χ3n) is 8.02. The average molecular weight is 321 g/mol. The van der Waals surface area contributed by atoms with Crippen LogP contribution in [-0.4, -0.2) is 0 Å². The van der Waals surface area contributed by atoms with Gasteiger partial charge in [-0.1, -0.05) is 73.6 Å². The second-order valence-corrected chi connectivity index (χ2v) is 10.1. The monoisotopic (exact) mass is 320 g/mol. The molecule has 2 rings (SSSR count). The van der Waals surface area contributed by atoms with Gasteiger partial charge in [0, 0.05) is 0 Å². The molecule has 0 aromatic rings. The smallest absolute Gasteiger partial charge is 0.0295 e. The molecule has 0 nitrogen and oxygen atoms in total. The summed E-state index contributed by atoms with van der Waals surface area (Å²) in [6.45, 7) is 15.2. The summed E-state index contributed by atoms with van der Waals surface area (Å²) in [5, 5.41) is 0. The van der Waals surface area contributed by atoms with E-state index in [9.17, 15) is 0 Å². The Hall–Kier alpha value is 0. The normalized spacial score (nSPS) is 36.8. The Bertz CT molecular complexity index is 355. The van der Waals surface area contributed by atoms with E-state index >= 15 is 0 Å². The van der Waals surface area contributed by atoms with Crippen molar-refractivity contribution < 1.29 is 0 Å². The first-order chi connectivity index (χ1) is 10.8. The minimum Gasteiger partial charge on any atom is -0.0654 e. The highest BCUT2D eigenvalue weighted by Gasteiger charge is 2.43. The summed E-state index contributed by atoms with van der Waals surface area (Å²) in [6, 6.07) is 0. The molecule has 0 amide bonds. The van der Waals surface area contributed by atoms with Gasteiger partial charge in [-0.2, -0.15) is 0 Å². The fraction of sp³-hybridized carbons (Fsp3) is 1.00. The first kappa shape index (κ1) is 19.3. The third-order valence-corrected chi connectivity index (χ3v) is 8.02. The van der Waals surface area contributed by atoms with Crippen LogP contribution in [-0.2, 0) is 0 Å². The van der Waals surface area contributed by atoms with Crippen LogP contribution in [0.4, 0.5) is 0 Å². The molecule has 0 saturated heterocycles. The summed E-state index contributed by atoms with van der Waals surface area (Å²) < 4.78 is 0. The lowest BCUT2D eigenvalue weighted by molar-refractivity contribution is 0.0497. The van der Waals surface area contributed by atoms with Crippen LogP contribution in [0.15, 0.2) is 0 Å². The van der Waals surface area contributed by atoms with E-state index in [2.05, 4.69) is 41.5 Å². The summed E-state index contributed by atoms with van der Waals surface area (Å²) in [6.07, 6.45) is 16.1. The molecule has 2 saturated carbocycles. The molecule has 0 radical (unpaired) electrons. The van der Waals surface area contributed by atoms with Gasteiger partial charge in [-0.15, -0.1) is 0 Å². The zero-order chi connectivity index (χ0) is 17.1. The van der Waals surface area contributed by atoms with Crippen LogP contribution < -0.4 is 0 Å². The fourth-order valence-corrected chi connectivity index (χ4v) is 6.76. The molecule has 2 aliphatic carbocycles. The van der Waals surface area contributed by atoms with Crippen molar-refractivity contribution in [1.29, 1.82) is 0 Å². The lowest BCUT2D eigenvalue weighted by Gasteiger charge is -2.45. The second-order valence-electron chi connectivity index (χ2n) is 10.1. The lowest BCUT2D eigenvalue weighted by atomic mass is 9.60. The van der Waals surface area contributed by atoms with Gasteiger partial charge in [-0.05, 0) is 73.0 Å². The summed E-state index contributed by atoms with van der Waals surface area (Å²) in [4.78, 5) is 0. The molecule has 136 valence electrons. The molecular weight excluding hydrogens is 276 g/mol. The summed E-state index contributed by atoms with van der Waals surface area (Å²) in [5.74, 6) is 3.86. The molecule has 0 spiro atoms. The predicted octanol–water partition coefficient (Wildman–Crippen LogP) is 7.86. The Morgan fingerprint density at radius 1 is 0.913 bits per heavy atom. The first-order valence-corrected chi connectivity index (χ1v) is 10.8. The third kappa shape index (κ3) is 4.35. The van der Waals surface area contributed by atoms with E-state index in [0.29, 0.717) is 10.8 Å². The topological polar surface area (TPSA) is 0 Å². The van der Waals surface area contributed by atoms with E-state index in [4.69, 9.17) is 0 Å². The van der Waals surface area contributed by atoms with Crippen LogP contribution >= 0.6 is 0 Å². The second kappa shape index (κ2) is 7.92. The van der Waals surface area contributed by atoms with Gasteiger partial charge in [-0.25, -0.2) is 0 Å². The van der Waals surface area contributed by atoms with Gasteiger partial charge in [0.05, 0.1) is 0 Å². The molecule has 0 heteroatoms. The van der Waals surface area contributed by atoms with Gasteiger partial charge in [0.15, 0.2) is 0 Å². The first-order valence-electron chi connectivity index (χ1n) is 10.8. The van der Waals surface area contributed by atoms with Crippen LogP contribution in [0.3, 0.4) is 0 Å². The fourth-order valence-electron chi connectivity index (χ4n) is 6.76. The Kier molecular flexibility index (Phi) is 6.66. The largest absolute Gasteiger partial charge is 0.0654 e. The van der Waals surface area contributed by atoms with E-state index in [1.807, 2.05) is 0 Å². The lowest BCUT2D eigenvalue weighted by Crippen LogP contribution is -2.36. The molecule has 0 N–H and O–H groups in total. The number of hydrogen-bond acceptors (Lipinski definition) is 0.